The van der Waals surface area contributed by atoms with Crippen LogP contribution in [0, 0.1) is 0 Å². The summed E-state index contributed by atoms with van der Waals surface area (Å²) in [5.41, 5.74) is 6.14. The van der Waals surface area contributed by atoms with Crippen molar-refractivity contribution in [3.63, 3.8) is 0 Å². The largest absolute Gasteiger partial charge is 0.495 e. The maximum atomic E-state index is 13.4. The highest BCUT2D eigenvalue weighted by Crippen LogP contribution is 2.36. The molecule has 0 bridgehead atoms. The third-order valence-corrected chi connectivity index (χ3v) is 6.51. The second-order valence-corrected chi connectivity index (χ2v) is 9.43. The first-order valence-corrected chi connectivity index (χ1v) is 11.8. The predicted molar refractivity (Wildman–Crippen MR) is 134 cm³/mol. The van der Waals surface area contributed by atoms with Gasteiger partial charge in [-0.15, -0.1) is 0 Å². The summed E-state index contributed by atoms with van der Waals surface area (Å²) in [6.07, 6.45) is 2.37. The van der Waals surface area contributed by atoms with Crippen LogP contribution in [0.5, 0.6) is 5.75 Å². The second-order valence-electron chi connectivity index (χ2n) is 7.68. The maximum Gasteiger partial charge on any atom is 0.283 e. The lowest BCUT2D eigenvalue weighted by Gasteiger charge is -2.21. The third kappa shape index (κ3) is 6.84. The van der Waals surface area contributed by atoms with Crippen LogP contribution in [0.1, 0.15) is 18.1 Å². The van der Waals surface area contributed by atoms with E-state index < -0.39 is 5.66 Å². The molecular formula is C23H29F2N4O2PS. The Bertz CT molecular complexity index is 1040. The molecule has 2 aromatic carbocycles. The van der Waals surface area contributed by atoms with E-state index in [1.165, 1.54) is 23.5 Å². The van der Waals surface area contributed by atoms with Crippen molar-refractivity contribution in [1.82, 2.24) is 4.98 Å². The van der Waals surface area contributed by atoms with Gasteiger partial charge in [0.2, 0.25) is 0 Å². The van der Waals surface area contributed by atoms with E-state index in [4.69, 9.17) is 15.2 Å². The highest BCUT2D eigenvalue weighted by Gasteiger charge is 2.24. The zero-order valence-corrected chi connectivity index (χ0v) is 20.7. The van der Waals surface area contributed by atoms with Crippen LogP contribution in [0.25, 0.3) is 10.4 Å². The third-order valence-electron chi connectivity index (χ3n) is 5.20. The number of ether oxygens (including phenoxy) is 2. The second kappa shape index (κ2) is 11.2. The number of anilines is 2. The van der Waals surface area contributed by atoms with Gasteiger partial charge in [-0.3, -0.25) is 0 Å². The number of benzene rings is 2. The van der Waals surface area contributed by atoms with Gasteiger partial charge in [0.05, 0.1) is 17.7 Å². The quantitative estimate of drug-likeness (QED) is 0.253. The SMILES string of the molecule is COCNc1ccc(-c2cnc(NC(C)C(N)Cc3ccc(C(F)(F)P)cc3)s2)cc1OC. The number of halogens is 2. The van der Waals surface area contributed by atoms with Crippen LogP contribution in [-0.2, 0) is 16.8 Å². The lowest BCUT2D eigenvalue weighted by atomic mass is 10.0. The van der Waals surface area contributed by atoms with E-state index in [-0.39, 0.29) is 17.6 Å². The molecule has 0 aliphatic carbocycles. The monoisotopic (exact) mass is 494 g/mol. The molecule has 1 aromatic heterocycles. The van der Waals surface area contributed by atoms with Gasteiger partial charge in [0, 0.05) is 31.0 Å². The molecule has 0 aliphatic heterocycles. The molecule has 178 valence electrons. The number of nitrogens with one attached hydrogen (secondary N) is 2. The average Bonchev–Trinajstić information content (AvgIpc) is 3.25. The van der Waals surface area contributed by atoms with Crippen molar-refractivity contribution in [1.29, 1.82) is 0 Å². The van der Waals surface area contributed by atoms with Crippen molar-refractivity contribution in [2.45, 2.75) is 31.1 Å². The maximum absolute atomic E-state index is 13.4. The number of nitrogens with zero attached hydrogens (tertiary/aromatic N) is 1. The Labute approximate surface area is 199 Å². The molecule has 33 heavy (non-hydrogen) atoms. The number of thiazole rings is 1. The Morgan fingerprint density at radius 3 is 2.55 bits per heavy atom. The minimum absolute atomic E-state index is 0.0366. The van der Waals surface area contributed by atoms with E-state index in [0.717, 1.165) is 26.8 Å². The van der Waals surface area contributed by atoms with E-state index in [9.17, 15) is 8.78 Å². The summed E-state index contributed by atoms with van der Waals surface area (Å²) in [7, 11) is 4.80. The summed E-state index contributed by atoms with van der Waals surface area (Å²) in [5, 5.41) is 7.25. The van der Waals surface area contributed by atoms with E-state index in [2.05, 4.69) is 15.6 Å². The Morgan fingerprint density at radius 2 is 1.91 bits per heavy atom. The Balaban J connectivity index is 1.62. The molecule has 0 saturated heterocycles. The molecule has 4 N–H and O–H groups in total. The fourth-order valence-electron chi connectivity index (χ4n) is 3.23. The van der Waals surface area contributed by atoms with Gasteiger partial charge < -0.3 is 25.8 Å². The van der Waals surface area contributed by atoms with Crippen molar-refractivity contribution in [2.24, 2.45) is 5.73 Å². The molecule has 3 aromatic rings. The van der Waals surface area contributed by atoms with E-state index in [1.807, 2.05) is 31.3 Å². The number of rotatable bonds is 11. The van der Waals surface area contributed by atoms with Crippen molar-refractivity contribution in [2.75, 3.05) is 31.6 Å². The van der Waals surface area contributed by atoms with E-state index in [0.29, 0.717) is 18.9 Å². The summed E-state index contributed by atoms with van der Waals surface area (Å²) in [6.45, 7) is 2.37. The Kier molecular flexibility index (Phi) is 8.59. The molecule has 0 radical (unpaired) electrons. The molecule has 3 unspecified atom stereocenters. The number of nitrogens with two attached hydrogens (primary N) is 1. The molecular weight excluding hydrogens is 465 g/mol. The molecule has 0 fully saturated rings. The van der Waals surface area contributed by atoms with Gasteiger partial charge in [-0.2, -0.15) is 8.78 Å². The highest BCUT2D eigenvalue weighted by atomic mass is 32.1. The minimum atomic E-state index is -2.93. The lowest BCUT2D eigenvalue weighted by Crippen LogP contribution is -2.39. The zero-order valence-electron chi connectivity index (χ0n) is 18.8. The summed E-state index contributed by atoms with van der Waals surface area (Å²) in [4.78, 5) is 5.47. The molecule has 6 nitrogen and oxygen atoms in total. The van der Waals surface area contributed by atoms with Gasteiger partial charge >= 0.3 is 0 Å². The Hall–Kier alpha value is -2.32. The van der Waals surface area contributed by atoms with Gasteiger partial charge in [-0.05, 0) is 36.6 Å². The minimum Gasteiger partial charge on any atom is -0.495 e. The predicted octanol–water partition coefficient (Wildman–Crippen LogP) is 5.13. The molecule has 0 aliphatic rings. The van der Waals surface area contributed by atoms with Gasteiger partial charge in [0.25, 0.3) is 5.66 Å². The summed E-state index contributed by atoms with van der Waals surface area (Å²) >= 11 is 1.52. The van der Waals surface area contributed by atoms with E-state index in [1.54, 1.807) is 35.6 Å². The van der Waals surface area contributed by atoms with Gasteiger partial charge in [-0.25, -0.2) is 4.98 Å². The van der Waals surface area contributed by atoms with Crippen molar-refractivity contribution < 1.29 is 18.3 Å². The number of aromatic nitrogens is 1. The van der Waals surface area contributed by atoms with E-state index >= 15 is 0 Å². The smallest absolute Gasteiger partial charge is 0.283 e. The molecule has 0 saturated carbocycles. The summed E-state index contributed by atoms with van der Waals surface area (Å²) in [6, 6.07) is 11.9. The average molecular weight is 495 g/mol. The molecule has 3 atom stereocenters. The van der Waals surface area contributed by atoms with Gasteiger partial charge in [0.15, 0.2) is 5.13 Å². The molecule has 0 spiro atoms. The fraction of sp³-hybridized carbons (Fsp3) is 0.348. The topological polar surface area (TPSA) is 81.4 Å². The standard InChI is InChI=1S/C23H29F2N4O2PS/c1-14(18(26)10-15-4-7-17(8-5-15)23(24,25)32)29-22-27-12-21(33-22)16-6-9-19(28-13-30-2)20(11-16)31-3/h4-9,11-12,14,18,28H,10,13,26,32H2,1-3H3,(H,27,29). The molecule has 0 amide bonds. The molecule has 10 heteroatoms. The lowest BCUT2D eigenvalue weighted by molar-refractivity contribution is 0.104. The number of hydrogen-bond donors (Lipinski definition) is 3. The molecule has 1 heterocycles. The van der Waals surface area contributed by atoms with Crippen LogP contribution in [0.2, 0.25) is 0 Å². The summed E-state index contributed by atoms with van der Waals surface area (Å²) in [5.74, 6) is 0.716. The Morgan fingerprint density at radius 1 is 1.18 bits per heavy atom. The van der Waals surface area contributed by atoms with Crippen LogP contribution in [-0.4, -0.2) is 38.0 Å². The van der Waals surface area contributed by atoms with Crippen LogP contribution in [0.3, 0.4) is 0 Å². The van der Waals surface area contributed by atoms with Crippen molar-refractivity contribution >= 4 is 31.4 Å². The zero-order chi connectivity index (χ0) is 24.0. The first-order chi connectivity index (χ1) is 15.7. The first kappa shape index (κ1) is 25.3. The number of alkyl halides is 2. The normalized spacial score (nSPS) is 13.4. The van der Waals surface area contributed by atoms with Crippen molar-refractivity contribution in [3.05, 3.63) is 59.8 Å². The van der Waals surface area contributed by atoms with Crippen molar-refractivity contribution in [3.8, 4) is 16.2 Å². The molecule has 3 rings (SSSR count). The van der Waals surface area contributed by atoms with Crippen LogP contribution < -0.4 is 21.1 Å². The van der Waals surface area contributed by atoms with Crippen LogP contribution in [0.15, 0.2) is 48.7 Å². The van der Waals surface area contributed by atoms with Gasteiger partial charge in [0.1, 0.15) is 12.5 Å². The fourth-order valence-corrected chi connectivity index (χ4v) is 4.33. The number of methoxy groups -OCH3 is 2. The highest BCUT2D eigenvalue weighted by molar-refractivity contribution is 7.18. The summed E-state index contributed by atoms with van der Waals surface area (Å²) < 4.78 is 37.3. The van der Waals surface area contributed by atoms with Crippen LogP contribution >= 0.6 is 20.6 Å². The van der Waals surface area contributed by atoms with Gasteiger partial charge in [-0.1, -0.05) is 50.9 Å². The first-order valence-electron chi connectivity index (χ1n) is 10.4. The van der Waals surface area contributed by atoms with Crippen LogP contribution in [0.4, 0.5) is 19.6 Å². The number of hydrogen-bond acceptors (Lipinski definition) is 7.